The topological polar surface area (TPSA) is 76.2 Å². The smallest absolute Gasteiger partial charge is 0.408 e. The van der Waals surface area contributed by atoms with E-state index < -0.39 is 17.7 Å². The van der Waals surface area contributed by atoms with Gasteiger partial charge in [0.2, 0.25) is 0 Å². The standard InChI is InChI=1S/C15H20ClN3O3/c1-15(2,3)22-14(20)19-12(8-21-4)13-17-10-6-5-9(16)7-11(10)18-13/h5-7,12H,8H2,1-4H3,(H,17,18)(H,19,20). The fraction of sp³-hybridized carbons (Fsp3) is 0.467. The average molecular weight is 326 g/mol. The molecule has 0 aliphatic carbocycles. The second-order valence-corrected chi connectivity index (χ2v) is 6.37. The van der Waals surface area contributed by atoms with Crippen LogP contribution in [0.1, 0.15) is 32.6 Å². The highest BCUT2D eigenvalue weighted by Crippen LogP contribution is 2.20. The molecule has 0 radical (unpaired) electrons. The van der Waals surface area contributed by atoms with E-state index in [9.17, 15) is 4.79 Å². The molecule has 22 heavy (non-hydrogen) atoms. The molecule has 1 unspecified atom stereocenters. The number of benzene rings is 1. The summed E-state index contributed by atoms with van der Waals surface area (Å²) < 4.78 is 10.4. The molecule has 1 aromatic carbocycles. The number of methoxy groups -OCH3 is 1. The Kier molecular flexibility index (Phi) is 4.93. The van der Waals surface area contributed by atoms with Crippen molar-refractivity contribution in [3.63, 3.8) is 0 Å². The minimum Gasteiger partial charge on any atom is -0.444 e. The number of ether oxygens (including phenoxy) is 2. The lowest BCUT2D eigenvalue weighted by molar-refractivity contribution is 0.0464. The van der Waals surface area contributed by atoms with Gasteiger partial charge in [-0.1, -0.05) is 11.6 Å². The zero-order chi connectivity index (χ0) is 16.3. The molecule has 1 amide bonds. The van der Waals surface area contributed by atoms with Crippen LogP contribution in [-0.2, 0) is 9.47 Å². The number of carbonyl (C=O) groups is 1. The van der Waals surface area contributed by atoms with E-state index in [2.05, 4.69) is 15.3 Å². The molecule has 6 nitrogen and oxygen atoms in total. The van der Waals surface area contributed by atoms with Crippen LogP contribution in [0, 0.1) is 0 Å². The van der Waals surface area contributed by atoms with Gasteiger partial charge in [-0.3, -0.25) is 0 Å². The van der Waals surface area contributed by atoms with E-state index in [1.165, 1.54) is 0 Å². The van der Waals surface area contributed by atoms with Crippen LogP contribution < -0.4 is 5.32 Å². The molecule has 0 saturated carbocycles. The molecule has 7 heteroatoms. The van der Waals surface area contributed by atoms with E-state index in [0.717, 1.165) is 11.0 Å². The number of fused-ring (bicyclic) bond motifs is 1. The maximum atomic E-state index is 11.9. The van der Waals surface area contributed by atoms with Gasteiger partial charge in [-0.2, -0.15) is 0 Å². The Hall–Kier alpha value is -1.79. The second kappa shape index (κ2) is 6.54. The third-order valence-corrected chi connectivity index (χ3v) is 3.05. The summed E-state index contributed by atoms with van der Waals surface area (Å²) in [6.07, 6.45) is -0.520. The van der Waals surface area contributed by atoms with E-state index in [1.807, 2.05) is 6.07 Å². The number of H-pyrrole nitrogens is 1. The quantitative estimate of drug-likeness (QED) is 0.903. The van der Waals surface area contributed by atoms with Crippen molar-refractivity contribution in [3.05, 3.63) is 29.0 Å². The number of hydrogen-bond acceptors (Lipinski definition) is 4. The van der Waals surface area contributed by atoms with Gasteiger partial charge < -0.3 is 19.8 Å². The first-order valence-corrected chi connectivity index (χ1v) is 7.30. The summed E-state index contributed by atoms with van der Waals surface area (Å²) in [4.78, 5) is 19.5. The number of hydrogen-bond donors (Lipinski definition) is 2. The predicted octanol–water partition coefficient (Wildman–Crippen LogP) is 3.43. The van der Waals surface area contributed by atoms with Gasteiger partial charge in [0.1, 0.15) is 17.5 Å². The first-order valence-electron chi connectivity index (χ1n) is 6.92. The molecule has 0 aliphatic rings. The van der Waals surface area contributed by atoms with Crippen LogP contribution in [-0.4, -0.2) is 35.4 Å². The van der Waals surface area contributed by atoms with Crippen molar-refractivity contribution in [1.29, 1.82) is 0 Å². The van der Waals surface area contributed by atoms with Crippen LogP contribution in [0.4, 0.5) is 4.79 Å². The number of aromatic nitrogens is 2. The molecule has 2 aromatic rings. The first kappa shape index (κ1) is 16.6. The number of halogens is 1. The highest BCUT2D eigenvalue weighted by molar-refractivity contribution is 6.31. The minimum absolute atomic E-state index is 0.271. The minimum atomic E-state index is -0.566. The summed E-state index contributed by atoms with van der Waals surface area (Å²) in [6, 6.07) is 4.92. The van der Waals surface area contributed by atoms with Gasteiger partial charge in [-0.05, 0) is 39.0 Å². The van der Waals surface area contributed by atoms with Crippen LogP contribution in [0.15, 0.2) is 18.2 Å². The molecule has 0 saturated heterocycles. The maximum Gasteiger partial charge on any atom is 0.408 e. The second-order valence-electron chi connectivity index (χ2n) is 5.94. The Labute approximate surface area is 134 Å². The van der Waals surface area contributed by atoms with Gasteiger partial charge in [0, 0.05) is 12.1 Å². The van der Waals surface area contributed by atoms with Crippen LogP contribution >= 0.6 is 11.6 Å². The predicted molar refractivity (Wildman–Crippen MR) is 85.1 cm³/mol. The number of rotatable bonds is 4. The number of nitrogens with zero attached hydrogens (tertiary/aromatic N) is 1. The normalized spacial score (nSPS) is 13.1. The van der Waals surface area contributed by atoms with Crippen LogP contribution in [0.3, 0.4) is 0 Å². The lowest BCUT2D eigenvalue weighted by Gasteiger charge is -2.22. The molecule has 0 spiro atoms. The Bertz CT molecular complexity index is 664. The molecular formula is C15H20ClN3O3. The van der Waals surface area contributed by atoms with Crippen molar-refractivity contribution in [1.82, 2.24) is 15.3 Å². The van der Waals surface area contributed by atoms with Gasteiger partial charge in [-0.25, -0.2) is 9.78 Å². The molecule has 2 rings (SSSR count). The number of carbonyl (C=O) groups excluding carboxylic acids is 1. The van der Waals surface area contributed by atoms with E-state index in [4.69, 9.17) is 21.1 Å². The van der Waals surface area contributed by atoms with Crippen molar-refractivity contribution >= 4 is 28.7 Å². The van der Waals surface area contributed by atoms with Gasteiger partial charge in [0.15, 0.2) is 0 Å². The lowest BCUT2D eigenvalue weighted by atomic mass is 10.2. The Morgan fingerprint density at radius 2 is 2.18 bits per heavy atom. The third-order valence-electron chi connectivity index (χ3n) is 2.82. The Balaban J connectivity index is 2.20. The van der Waals surface area contributed by atoms with Crippen molar-refractivity contribution in [2.75, 3.05) is 13.7 Å². The number of amides is 1. The zero-order valence-electron chi connectivity index (χ0n) is 13.1. The van der Waals surface area contributed by atoms with E-state index in [1.54, 1.807) is 40.0 Å². The summed E-state index contributed by atoms with van der Waals surface area (Å²) in [5.41, 5.74) is 1.00. The number of aromatic amines is 1. The average Bonchev–Trinajstić information content (AvgIpc) is 2.78. The first-order chi connectivity index (χ1) is 10.3. The number of nitrogens with one attached hydrogen (secondary N) is 2. The van der Waals surface area contributed by atoms with Crippen LogP contribution in [0.5, 0.6) is 0 Å². The van der Waals surface area contributed by atoms with Crippen molar-refractivity contribution in [3.8, 4) is 0 Å². The van der Waals surface area contributed by atoms with E-state index >= 15 is 0 Å². The molecule has 0 bridgehead atoms. The largest absolute Gasteiger partial charge is 0.444 e. The van der Waals surface area contributed by atoms with E-state index in [0.29, 0.717) is 10.8 Å². The zero-order valence-corrected chi connectivity index (χ0v) is 13.8. The molecule has 1 aromatic heterocycles. The van der Waals surface area contributed by atoms with Gasteiger partial charge in [-0.15, -0.1) is 0 Å². The summed E-state index contributed by atoms with van der Waals surface area (Å²) >= 11 is 5.96. The van der Waals surface area contributed by atoms with Gasteiger partial charge in [0.25, 0.3) is 0 Å². The van der Waals surface area contributed by atoms with Crippen molar-refractivity contribution in [2.45, 2.75) is 32.4 Å². The van der Waals surface area contributed by atoms with Crippen molar-refractivity contribution < 1.29 is 14.3 Å². The monoisotopic (exact) mass is 325 g/mol. The van der Waals surface area contributed by atoms with E-state index in [-0.39, 0.29) is 6.61 Å². The third kappa shape index (κ3) is 4.35. The summed E-state index contributed by atoms with van der Waals surface area (Å²) in [6.45, 7) is 5.69. The number of imidazole rings is 1. The molecular weight excluding hydrogens is 306 g/mol. The molecule has 120 valence electrons. The molecule has 2 N–H and O–H groups in total. The van der Waals surface area contributed by atoms with Crippen LogP contribution in [0.2, 0.25) is 5.02 Å². The highest BCUT2D eigenvalue weighted by atomic mass is 35.5. The van der Waals surface area contributed by atoms with Gasteiger partial charge >= 0.3 is 6.09 Å². The molecule has 0 fully saturated rings. The summed E-state index contributed by atoms with van der Waals surface area (Å²) in [7, 11) is 1.56. The fourth-order valence-corrected chi connectivity index (χ4v) is 2.14. The van der Waals surface area contributed by atoms with Crippen molar-refractivity contribution in [2.24, 2.45) is 0 Å². The summed E-state index contributed by atoms with van der Waals surface area (Å²) in [5, 5.41) is 3.37. The highest BCUT2D eigenvalue weighted by Gasteiger charge is 2.22. The molecule has 1 atom stereocenters. The molecule has 1 heterocycles. The fourth-order valence-electron chi connectivity index (χ4n) is 1.97. The Morgan fingerprint density at radius 3 is 2.82 bits per heavy atom. The molecule has 0 aliphatic heterocycles. The van der Waals surface area contributed by atoms with Crippen LogP contribution in [0.25, 0.3) is 11.0 Å². The number of alkyl carbamates (subject to hydrolysis) is 1. The maximum absolute atomic E-state index is 11.9. The lowest BCUT2D eigenvalue weighted by Crippen LogP contribution is -2.37. The Morgan fingerprint density at radius 1 is 1.45 bits per heavy atom. The SMILES string of the molecule is COCC(NC(=O)OC(C)(C)C)c1nc2ccc(Cl)cc2[nH]1. The van der Waals surface area contributed by atoms with Gasteiger partial charge in [0.05, 0.1) is 17.6 Å². The summed E-state index contributed by atoms with van der Waals surface area (Å²) in [5.74, 6) is 0.588.